The molecule has 3 heterocycles. The Kier molecular flexibility index (Phi) is 7.53. The van der Waals surface area contributed by atoms with E-state index in [1.807, 2.05) is 11.3 Å². The summed E-state index contributed by atoms with van der Waals surface area (Å²) in [6, 6.07) is 6.56. The number of nitrogens with one attached hydrogen (secondary N) is 2. The Morgan fingerprint density at radius 1 is 1.27 bits per heavy atom. The number of guanidine groups is 1. The van der Waals surface area contributed by atoms with E-state index in [0.29, 0.717) is 5.92 Å². The van der Waals surface area contributed by atoms with Crippen molar-refractivity contribution in [3.8, 4) is 0 Å². The van der Waals surface area contributed by atoms with Crippen LogP contribution in [-0.4, -0.2) is 37.0 Å². The third kappa shape index (κ3) is 5.83. The van der Waals surface area contributed by atoms with Gasteiger partial charge in [0.05, 0.1) is 6.54 Å². The lowest BCUT2D eigenvalue weighted by molar-refractivity contribution is 0.169. The van der Waals surface area contributed by atoms with Crippen LogP contribution in [0.15, 0.2) is 34.0 Å². The highest BCUT2D eigenvalue weighted by molar-refractivity contribution is 7.10. The van der Waals surface area contributed by atoms with Crippen LogP contribution in [0.4, 0.5) is 0 Å². The van der Waals surface area contributed by atoms with E-state index >= 15 is 0 Å². The van der Waals surface area contributed by atoms with Crippen LogP contribution in [0.25, 0.3) is 0 Å². The van der Waals surface area contributed by atoms with E-state index in [0.717, 1.165) is 32.1 Å². The van der Waals surface area contributed by atoms with Crippen molar-refractivity contribution in [2.45, 2.75) is 39.8 Å². The number of rotatable bonds is 7. The third-order valence-corrected chi connectivity index (χ3v) is 6.68. The molecule has 4 nitrogen and oxygen atoms in total. The molecule has 0 radical (unpaired) electrons. The van der Waals surface area contributed by atoms with Crippen LogP contribution in [0.2, 0.25) is 0 Å². The Bertz CT molecular complexity index is 678. The van der Waals surface area contributed by atoms with Gasteiger partial charge in [-0.2, -0.15) is 0 Å². The molecule has 26 heavy (non-hydrogen) atoms. The van der Waals surface area contributed by atoms with Gasteiger partial charge in [0, 0.05) is 35.9 Å². The predicted molar refractivity (Wildman–Crippen MR) is 114 cm³/mol. The van der Waals surface area contributed by atoms with E-state index < -0.39 is 0 Å². The van der Waals surface area contributed by atoms with E-state index in [4.69, 9.17) is 4.99 Å². The standard InChI is InChI=1S/C20H30N4S2/c1-3-21-20(23-13-19-16(2)8-11-26-19)22-12-17-6-4-9-24(14-17)15-18-7-5-10-25-18/h5,7-8,10-11,17H,3-4,6,9,12-15H2,1-2H3,(H2,21,22,23). The zero-order valence-corrected chi connectivity index (χ0v) is 17.5. The molecule has 2 N–H and O–H groups in total. The molecule has 1 unspecified atom stereocenters. The Labute approximate surface area is 165 Å². The fourth-order valence-corrected chi connectivity index (χ4v) is 4.96. The Hall–Kier alpha value is -1.37. The Balaban J connectivity index is 1.49. The third-order valence-electron chi connectivity index (χ3n) is 4.81. The molecule has 1 fully saturated rings. The number of aliphatic imine (C=N–C) groups is 1. The molecule has 0 bridgehead atoms. The van der Waals surface area contributed by atoms with Gasteiger partial charge in [0.2, 0.25) is 0 Å². The summed E-state index contributed by atoms with van der Waals surface area (Å²) < 4.78 is 0. The van der Waals surface area contributed by atoms with Crippen LogP contribution in [-0.2, 0) is 13.1 Å². The van der Waals surface area contributed by atoms with Crippen molar-refractivity contribution in [2.24, 2.45) is 10.9 Å². The summed E-state index contributed by atoms with van der Waals surface area (Å²) in [6.45, 7) is 10.4. The molecule has 0 aliphatic carbocycles. The topological polar surface area (TPSA) is 39.7 Å². The highest BCUT2D eigenvalue weighted by atomic mass is 32.1. The second-order valence-electron chi connectivity index (χ2n) is 6.93. The lowest BCUT2D eigenvalue weighted by atomic mass is 9.98. The van der Waals surface area contributed by atoms with Gasteiger partial charge in [-0.3, -0.25) is 4.90 Å². The molecule has 1 atom stereocenters. The second-order valence-corrected chi connectivity index (χ2v) is 8.96. The maximum atomic E-state index is 4.77. The van der Waals surface area contributed by atoms with E-state index in [-0.39, 0.29) is 0 Å². The highest BCUT2D eigenvalue weighted by Gasteiger charge is 2.20. The first kappa shape index (κ1) is 19.4. The maximum Gasteiger partial charge on any atom is 0.191 e. The molecule has 0 aromatic carbocycles. The number of thiophene rings is 2. The van der Waals surface area contributed by atoms with Crippen molar-refractivity contribution >= 4 is 28.6 Å². The van der Waals surface area contributed by atoms with Gasteiger partial charge >= 0.3 is 0 Å². The van der Waals surface area contributed by atoms with Gasteiger partial charge in [0.15, 0.2) is 5.96 Å². The van der Waals surface area contributed by atoms with Crippen molar-refractivity contribution in [3.63, 3.8) is 0 Å². The van der Waals surface area contributed by atoms with Crippen LogP contribution in [0.1, 0.15) is 35.1 Å². The molecule has 1 aliphatic heterocycles. The van der Waals surface area contributed by atoms with Crippen LogP contribution >= 0.6 is 22.7 Å². The first-order chi connectivity index (χ1) is 12.7. The molecular formula is C20H30N4S2. The average molecular weight is 391 g/mol. The molecule has 1 aliphatic rings. The summed E-state index contributed by atoms with van der Waals surface area (Å²) in [4.78, 5) is 10.2. The predicted octanol–water partition coefficient (Wildman–Crippen LogP) is 4.09. The van der Waals surface area contributed by atoms with Crippen LogP contribution in [0.3, 0.4) is 0 Å². The number of nitrogens with zero attached hydrogens (tertiary/aromatic N) is 2. The first-order valence-corrected chi connectivity index (χ1v) is 11.3. The van der Waals surface area contributed by atoms with Crippen molar-refractivity contribution in [3.05, 3.63) is 44.3 Å². The molecule has 6 heteroatoms. The zero-order valence-electron chi connectivity index (χ0n) is 15.8. The lowest BCUT2D eigenvalue weighted by Crippen LogP contribution is -2.44. The summed E-state index contributed by atoms with van der Waals surface area (Å²) >= 11 is 3.65. The summed E-state index contributed by atoms with van der Waals surface area (Å²) in [5, 5.41) is 11.3. The van der Waals surface area contributed by atoms with Crippen molar-refractivity contribution in [1.82, 2.24) is 15.5 Å². The minimum Gasteiger partial charge on any atom is -0.357 e. The van der Waals surface area contributed by atoms with Crippen LogP contribution < -0.4 is 10.6 Å². The highest BCUT2D eigenvalue weighted by Crippen LogP contribution is 2.20. The van der Waals surface area contributed by atoms with Gasteiger partial charge in [-0.15, -0.1) is 22.7 Å². The SMILES string of the molecule is CCNC(=NCc1sccc1C)NCC1CCCN(Cc2cccs2)C1. The number of aryl methyl sites for hydroxylation is 1. The summed E-state index contributed by atoms with van der Waals surface area (Å²) in [5.41, 5.74) is 1.34. The van der Waals surface area contributed by atoms with E-state index in [9.17, 15) is 0 Å². The van der Waals surface area contributed by atoms with Crippen molar-refractivity contribution in [1.29, 1.82) is 0 Å². The molecule has 3 rings (SSSR count). The maximum absolute atomic E-state index is 4.77. The van der Waals surface area contributed by atoms with Crippen LogP contribution in [0, 0.1) is 12.8 Å². The molecule has 2 aromatic rings. The number of likely N-dealkylation sites (tertiary alicyclic amines) is 1. The molecular weight excluding hydrogens is 360 g/mol. The number of hydrogen-bond acceptors (Lipinski definition) is 4. The van der Waals surface area contributed by atoms with Crippen molar-refractivity contribution < 1.29 is 0 Å². The second kappa shape index (κ2) is 10.1. The Morgan fingerprint density at radius 2 is 2.19 bits per heavy atom. The van der Waals surface area contributed by atoms with E-state index in [2.05, 4.69) is 58.3 Å². The largest absolute Gasteiger partial charge is 0.357 e. The quantitative estimate of drug-likeness (QED) is 0.553. The molecule has 142 valence electrons. The molecule has 0 amide bonds. The summed E-state index contributed by atoms with van der Waals surface area (Å²) in [5.74, 6) is 1.63. The van der Waals surface area contributed by atoms with Gasteiger partial charge < -0.3 is 10.6 Å². The normalized spacial score (nSPS) is 18.8. The monoisotopic (exact) mass is 390 g/mol. The van der Waals surface area contributed by atoms with Gasteiger partial charge in [0.1, 0.15) is 0 Å². The molecule has 0 saturated carbocycles. The first-order valence-electron chi connectivity index (χ1n) is 9.54. The fraction of sp³-hybridized carbons (Fsp3) is 0.550. The minimum atomic E-state index is 0.691. The minimum absolute atomic E-state index is 0.691. The average Bonchev–Trinajstić information content (AvgIpc) is 3.29. The lowest BCUT2D eigenvalue weighted by Gasteiger charge is -2.32. The van der Waals surface area contributed by atoms with Gasteiger partial charge in [-0.1, -0.05) is 6.07 Å². The molecule has 0 spiro atoms. The van der Waals surface area contributed by atoms with E-state index in [1.54, 1.807) is 11.3 Å². The zero-order chi connectivity index (χ0) is 18.2. The van der Waals surface area contributed by atoms with Gasteiger partial charge in [0.25, 0.3) is 0 Å². The smallest absolute Gasteiger partial charge is 0.191 e. The molecule has 2 aromatic heterocycles. The van der Waals surface area contributed by atoms with Gasteiger partial charge in [-0.05, 0) is 67.6 Å². The number of hydrogen-bond donors (Lipinski definition) is 2. The van der Waals surface area contributed by atoms with Crippen LogP contribution in [0.5, 0.6) is 0 Å². The summed E-state index contributed by atoms with van der Waals surface area (Å²) in [7, 11) is 0. The fourth-order valence-electron chi connectivity index (χ4n) is 3.38. The van der Waals surface area contributed by atoms with E-state index in [1.165, 1.54) is 41.2 Å². The van der Waals surface area contributed by atoms with Crippen molar-refractivity contribution in [2.75, 3.05) is 26.2 Å². The Morgan fingerprint density at radius 3 is 2.92 bits per heavy atom. The summed E-state index contributed by atoms with van der Waals surface area (Å²) in [6.07, 6.45) is 2.59. The van der Waals surface area contributed by atoms with Gasteiger partial charge in [-0.25, -0.2) is 4.99 Å². The number of piperidine rings is 1. The molecule has 1 saturated heterocycles.